The number of aromatic nitrogens is 1. The van der Waals surface area contributed by atoms with Crippen LogP contribution in [0.15, 0.2) is 36.4 Å². The van der Waals surface area contributed by atoms with Crippen molar-refractivity contribution < 1.29 is 19.1 Å². The maximum Gasteiger partial charge on any atom is 0.230 e. The molecule has 0 bridgehead atoms. The molecule has 1 amide bonds. The number of amides is 1. The van der Waals surface area contributed by atoms with Crippen molar-refractivity contribution in [2.24, 2.45) is 0 Å². The second-order valence-electron chi connectivity index (χ2n) is 8.79. The van der Waals surface area contributed by atoms with E-state index in [1.54, 1.807) is 26.4 Å². The molecule has 0 atom stereocenters. The second-order valence-corrected chi connectivity index (χ2v) is 9.82. The number of hydrogen-bond acceptors (Lipinski definition) is 8. The van der Waals surface area contributed by atoms with Gasteiger partial charge in [-0.25, -0.2) is 4.98 Å². The first-order valence-electron chi connectivity index (χ1n) is 11.8. The van der Waals surface area contributed by atoms with Crippen molar-refractivity contribution in [3.63, 3.8) is 0 Å². The van der Waals surface area contributed by atoms with Gasteiger partial charge in [0.15, 0.2) is 22.4 Å². The molecule has 1 aliphatic heterocycles. The van der Waals surface area contributed by atoms with Crippen LogP contribution in [-0.4, -0.2) is 80.5 Å². The van der Waals surface area contributed by atoms with Gasteiger partial charge in [-0.2, -0.15) is 0 Å². The lowest BCUT2D eigenvalue weighted by molar-refractivity contribution is -0.115. The average Bonchev–Trinajstić information content (AvgIpc) is 3.26. The highest BCUT2D eigenvalue weighted by Crippen LogP contribution is 2.29. The summed E-state index contributed by atoms with van der Waals surface area (Å²) < 4.78 is 11.5. The van der Waals surface area contributed by atoms with Gasteiger partial charge in [0.2, 0.25) is 5.91 Å². The number of thiazole rings is 1. The monoisotopic (exact) mass is 496 g/mol. The Hall–Kier alpha value is -3.01. The first kappa shape index (κ1) is 25.1. The van der Waals surface area contributed by atoms with E-state index in [1.165, 1.54) is 11.3 Å². The number of Topliss-reactive ketones (excluding diaryl/α,β-unsaturated/α-hetero) is 1. The predicted octanol–water partition coefficient (Wildman–Crippen LogP) is 3.71. The highest BCUT2D eigenvalue weighted by atomic mass is 32.1. The summed E-state index contributed by atoms with van der Waals surface area (Å²) >= 11 is 1.40. The number of methoxy groups -OCH3 is 2. The summed E-state index contributed by atoms with van der Waals surface area (Å²) in [5, 5.41) is 3.39. The van der Waals surface area contributed by atoms with E-state index in [2.05, 4.69) is 27.1 Å². The Morgan fingerprint density at radius 2 is 1.80 bits per heavy atom. The fraction of sp³-hybridized carbons (Fsp3) is 0.423. The fourth-order valence-corrected chi connectivity index (χ4v) is 5.04. The first-order valence-corrected chi connectivity index (χ1v) is 12.6. The lowest BCUT2D eigenvalue weighted by Gasteiger charge is -2.32. The molecule has 8 nitrogen and oxygen atoms in total. The van der Waals surface area contributed by atoms with Crippen molar-refractivity contribution in [2.45, 2.75) is 19.3 Å². The smallest absolute Gasteiger partial charge is 0.230 e. The Bertz CT molecular complexity index is 1190. The van der Waals surface area contributed by atoms with Crippen molar-refractivity contribution in [1.82, 2.24) is 14.8 Å². The molecule has 1 N–H and O–H groups in total. The molecule has 1 aliphatic rings. The summed E-state index contributed by atoms with van der Waals surface area (Å²) in [6, 6.07) is 11.0. The number of ketones is 1. The standard InChI is InChI=1S/C26H32N4O4S/c1-29-11-13-30(14-12-29)10-4-5-21(31)19-7-9-24-20(17-19)27-26(35-24)28-25(32)16-18-6-8-22(33-2)23(15-18)34-3/h6-9,15,17H,4-5,10-14,16H2,1-3H3,(H,27,28,32). The molecule has 2 heterocycles. The molecule has 1 saturated heterocycles. The van der Waals surface area contributed by atoms with Gasteiger partial charge in [-0.15, -0.1) is 0 Å². The van der Waals surface area contributed by atoms with Gasteiger partial charge in [0.1, 0.15) is 0 Å². The number of nitrogens with zero attached hydrogens (tertiary/aromatic N) is 3. The molecular formula is C26H32N4O4S. The zero-order valence-corrected chi connectivity index (χ0v) is 21.3. The van der Waals surface area contributed by atoms with E-state index in [1.807, 2.05) is 24.3 Å². The van der Waals surface area contributed by atoms with Crippen LogP contribution in [0.4, 0.5) is 5.13 Å². The minimum absolute atomic E-state index is 0.132. The molecule has 0 saturated carbocycles. The van der Waals surface area contributed by atoms with E-state index >= 15 is 0 Å². The quantitative estimate of drug-likeness (QED) is 0.429. The number of carbonyl (C=O) groups excluding carboxylic acids is 2. The van der Waals surface area contributed by atoms with Gasteiger partial charge >= 0.3 is 0 Å². The Labute approximate surface area is 209 Å². The number of carbonyl (C=O) groups is 2. The van der Waals surface area contributed by atoms with Gasteiger partial charge in [0.05, 0.1) is 30.9 Å². The van der Waals surface area contributed by atoms with Crippen molar-refractivity contribution in [2.75, 3.05) is 59.3 Å². The molecule has 35 heavy (non-hydrogen) atoms. The summed E-state index contributed by atoms with van der Waals surface area (Å²) in [6.07, 6.45) is 1.57. The van der Waals surface area contributed by atoms with Crippen LogP contribution in [0, 0.1) is 0 Å². The molecule has 4 rings (SSSR count). The van der Waals surface area contributed by atoms with Gasteiger partial charge in [-0.05, 0) is 55.9 Å². The van der Waals surface area contributed by atoms with Crippen molar-refractivity contribution >= 4 is 38.4 Å². The largest absolute Gasteiger partial charge is 0.493 e. The Morgan fingerprint density at radius 1 is 1.03 bits per heavy atom. The molecule has 186 valence electrons. The van der Waals surface area contributed by atoms with E-state index in [9.17, 15) is 9.59 Å². The number of benzene rings is 2. The molecule has 0 radical (unpaired) electrons. The Kier molecular flexibility index (Phi) is 8.33. The third-order valence-electron chi connectivity index (χ3n) is 6.24. The fourth-order valence-electron chi connectivity index (χ4n) is 4.17. The lowest BCUT2D eigenvalue weighted by atomic mass is 10.1. The zero-order chi connectivity index (χ0) is 24.8. The summed E-state index contributed by atoms with van der Waals surface area (Å²) in [5.41, 5.74) is 2.21. The first-order chi connectivity index (χ1) is 16.9. The van der Waals surface area contributed by atoms with Gasteiger partial charge in [-0.3, -0.25) is 9.59 Å². The highest BCUT2D eigenvalue weighted by Gasteiger charge is 2.15. The van der Waals surface area contributed by atoms with Gasteiger partial charge in [0, 0.05) is 38.2 Å². The van der Waals surface area contributed by atoms with Crippen LogP contribution < -0.4 is 14.8 Å². The number of fused-ring (bicyclic) bond motifs is 1. The lowest BCUT2D eigenvalue weighted by Crippen LogP contribution is -2.44. The minimum atomic E-state index is -0.170. The number of anilines is 1. The van der Waals surface area contributed by atoms with Gasteiger partial charge < -0.3 is 24.6 Å². The normalized spacial score (nSPS) is 14.7. The molecule has 1 fully saturated rings. The average molecular weight is 497 g/mol. The van der Waals surface area contributed by atoms with Crippen LogP contribution in [0.25, 0.3) is 10.2 Å². The van der Waals surface area contributed by atoms with Crippen LogP contribution >= 0.6 is 11.3 Å². The number of ether oxygens (including phenoxy) is 2. The second kappa shape index (κ2) is 11.6. The van der Waals surface area contributed by atoms with Gasteiger partial charge in [0.25, 0.3) is 0 Å². The Balaban J connectivity index is 1.32. The van der Waals surface area contributed by atoms with Crippen molar-refractivity contribution in [3.8, 4) is 11.5 Å². The molecule has 1 aromatic heterocycles. The number of rotatable bonds is 10. The van der Waals surface area contributed by atoms with E-state index in [-0.39, 0.29) is 18.1 Å². The molecule has 2 aromatic carbocycles. The van der Waals surface area contributed by atoms with E-state index in [4.69, 9.17) is 9.47 Å². The highest BCUT2D eigenvalue weighted by molar-refractivity contribution is 7.22. The predicted molar refractivity (Wildman–Crippen MR) is 139 cm³/mol. The molecule has 3 aromatic rings. The summed E-state index contributed by atoms with van der Waals surface area (Å²) in [4.78, 5) is 34.6. The molecular weight excluding hydrogens is 464 g/mol. The Morgan fingerprint density at radius 3 is 2.54 bits per heavy atom. The summed E-state index contributed by atoms with van der Waals surface area (Å²) in [5.74, 6) is 1.16. The minimum Gasteiger partial charge on any atom is -0.493 e. The third kappa shape index (κ3) is 6.56. The summed E-state index contributed by atoms with van der Waals surface area (Å²) in [7, 11) is 5.28. The molecule has 0 unspecified atom stereocenters. The van der Waals surface area contributed by atoms with Crippen LogP contribution in [-0.2, 0) is 11.2 Å². The number of hydrogen-bond donors (Lipinski definition) is 1. The topological polar surface area (TPSA) is 84.0 Å². The number of piperazine rings is 1. The van der Waals surface area contributed by atoms with Crippen LogP contribution in [0.1, 0.15) is 28.8 Å². The molecule has 0 spiro atoms. The van der Waals surface area contributed by atoms with Crippen LogP contribution in [0.5, 0.6) is 11.5 Å². The molecule has 0 aliphatic carbocycles. The third-order valence-corrected chi connectivity index (χ3v) is 7.19. The SMILES string of the molecule is COc1ccc(CC(=O)Nc2nc3cc(C(=O)CCCN4CCN(C)CC4)ccc3s2)cc1OC. The summed E-state index contributed by atoms with van der Waals surface area (Å²) in [6.45, 7) is 5.25. The maximum atomic E-state index is 12.7. The van der Waals surface area contributed by atoms with Crippen LogP contribution in [0.2, 0.25) is 0 Å². The van der Waals surface area contributed by atoms with Crippen molar-refractivity contribution in [1.29, 1.82) is 0 Å². The maximum absolute atomic E-state index is 12.7. The molecule has 9 heteroatoms. The van der Waals surface area contributed by atoms with E-state index in [0.717, 1.165) is 54.9 Å². The number of likely N-dealkylation sites (N-methyl/N-ethyl adjacent to an activating group) is 1. The van der Waals surface area contributed by atoms with Crippen LogP contribution in [0.3, 0.4) is 0 Å². The number of nitrogens with one attached hydrogen (secondary N) is 1. The van der Waals surface area contributed by atoms with E-state index < -0.39 is 0 Å². The van der Waals surface area contributed by atoms with Crippen molar-refractivity contribution in [3.05, 3.63) is 47.5 Å². The van der Waals surface area contributed by atoms with E-state index in [0.29, 0.717) is 28.6 Å². The van der Waals surface area contributed by atoms with Gasteiger partial charge in [-0.1, -0.05) is 17.4 Å². The zero-order valence-electron chi connectivity index (χ0n) is 20.5.